The minimum Gasteiger partial charge on any atom is -0.369 e. The van der Waals surface area contributed by atoms with Gasteiger partial charge < -0.3 is 4.74 Å². The second-order valence-corrected chi connectivity index (χ2v) is 3.63. The molecule has 4 heteroatoms. The Labute approximate surface area is 91.5 Å². The third-order valence-corrected chi connectivity index (χ3v) is 2.46. The summed E-state index contributed by atoms with van der Waals surface area (Å²) in [6, 6.07) is 5.09. The minimum atomic E-state index is -4.28. The molecule has 1 aliphatic heterocycles. The summed E-state index contributed by atoms with van der Waals surface area (Å²) in [5, 5.41) is 0. The van der Waals surface area contributed by atoms with E-state index >= 15 is 0 Å². The Hall–Kier alpha value is -1.29. The van der Waals surface area contributed by atoms with Crippen LogP contribution in [0, 0.1) is 0 Å². The second-order valence-electron chi connectivity index (χ2n) is 3.63. The molecule has 1 aromatic rings. The number of alkyl halides is 3. The van der Waals surface area contributed by atoms with Gasteiger partial charge in [0.05, 0.1) is 12.2 Å². The van der Waals surface area contributed by atoms with E-state index in [-0.39, 0.29) is 6.10 Å². The summed E-state index contributed by atoms with van der Waals surface area (Å²) < 4.78 is 42.4. The van der Waals surface area contributed by atoms with Crippen molar-refractivity contribution >= 4 is 0 Å². The molecule has 0 spiro atoms. The first-order valence-electron chi connectivity index (χ1n) is 5.03. The SMILES string of the molecule is FC(F)(F)c1ccc([C@H]2C=CCCO2)cc1. The molecule has 0 unspecified atom stereocenters. The van der Waals surface area contributed by atoms with Crippen LogP contribution in [0.1, 0.15) is 23.7 Å². The second kappa shape index (κ2) is 4.29. The summed E-state index contributed by atoms with van der Waals surface area (Å²) in [4.78, 5) is 0. The van der Waals surface area contributed by atoms with Crippen LogP contribution in [0.2, 0.25) is 0 Å². The summed E-state index contributed by atoms with van der Waals surface area (Å²) in [7, 11) is 0. The van der Waals surface area contributed by atoms with E-state index in [1.54, 1.807) is 0 Å². The molecule has 1 aliphatic rings. The summed E-state index contributed by atoms with van der Waals surface area (Å²) in [5.41, 5.74) is 0.125. The van der Waals surface area contributed by atoms with Crippen LogP contribution in [0.4, 0.5) is 13.2 Å². The molecule has 0 saturated heterocycles. The Bertz CT molecular complexity index is 378. The maximum absolute atomic E-state index is 12.3. The van der Waals surface area contributed by atoms with Crippen molar-refractivity contribution in [2.24, 2.45) is 0 Å². The van der Waals surface area contributed by atoms with Crippen molar-refractivity contribution in [3.63, 3.8) is 0 Å². The van der Waals surface area contributed by atoms with Gasteiger partial charge in [-0.2, -0.15) is 13.2 Å². The Morgan fingerprint density at radius 3 is 2.31 bits per heavy atom. The molecule has 86 valence electrons. The number of hydrogen-bond donors (Lipinski definition) is 0. The van der Waals surface area contributed by atoms with Gasteiger partial charge in [-0.25, -0.2) is 0 Å². The third kappa shape index (κ3) is 2.44. The first-order chi connectivity index (χ1) is 7.57. The molecule has 0 fully saturated rings. The topological polar surface area (TPSA) is 9.23 Å². The lowest BCUT2D eigenvalue weighted by Gasteiger charge is -2.18. The largest absolute Gasteiger partial charge is 0.416 e. The van der Waals surface area contributed by atoms with Crippen LogP contribution >= 0.6 is 0 Å². The third-order valence-electron chi connectivity index (χ3n) is 2.46. The lowest BCUT2D eigenvalue weighted by molar-refractivity contribution is -0.137. The zero-order chi connectivity index (χ0) is 11.6. The molecule has 2 rings (SSSR count). The van der Waals surface area contributed by atoms with E-state index in [2.05, 4.69) is 0 Å². The van der Waals surface area contributed by atoms with Gasteiger partial charge in [0.25, 0.3) is 0 Å². The van der Waals surface area contributed by atoms with Crippen LogP contribution in [-0.4, -0.2) is 6.61 Å². The maximum Gasteiger partial charge on any atom is 0.416 e. The standard InChI is InChI=1S/C12H11F3O/c13-12(14,15)10-6-4-9(5-7-10)11-3-1-2-8-16-11/h1,3-7,11H,2,8H2/t11-/m1/s1. The lowest BCUT2D eigenvalue weighted by atomic mass is 10.0. The summed E-state index contributed by atoms with van der Waals surface area (Å²) in [6.07, 6.45) is 0.215. The van der Waals surface area contributed by atoms with Gasteiger partial charge in [-0.15, -0.1) is 0 Å². The van der Waals surface area contributed by atoms with Crippen LogP contribution in [0.3, 0.4) is 0 Å². The Balaban J connectivity index is 2.19. The average molecular weight is 228 g/mol. The van der Waals surface area contributed by atoms with E-state index in [1.807, 2.05) is 12.2 Å². The fourth-order valence-electron chi connectivity index (χ4n) is 1.61. The zero-order valence-electron chi connectivity index (χ0n) is 8.50. The predicted octanol–water partition coefficient (Wildman–Crippen LogP) is 3.72. The van der Waals surface area contributed by atoms with Crippen LogP contribution in [0.15, 0.2) is 36.4 Å². The van der Waals surface area contributed by atoms with Gasteiger partial charge >= 0.3 is 6.18 Å². The van der Waals surface area contributed by atoms with Gasteiger partial charge in [0.15, 0.2) is 0 Å². The Morgan fingerprint density at radius 2 is 1.81 bits per heavy atom. The molecule has 0 saturated carbocycles. The van der Waals surface area contributed by atoms with E-state index in [1.165, 1.54) is 12.1 Å². The Kier molecular flexibility index (Phi) is 3.01. The molecule has 0 aromatic heterocycles. The highest BCUT2D eigenvalue weighted by atomic mass is 19.4. The lowest BCUT2D eigenvalue weighted by Crippen LogP contribution is -2.08. The van der Waals surface area contributed by atoms with Gasteiger partial charge in [-0.3, -0.25) is 0 Å². The van der Waals surface area contributed by atoms with Crippen molar-refractivity contribution < 1.29 is 17.9 Å². The van der Waals surface area contributed by atoms with E-state index in [9.17, 15) is 13.2 Å². The number of halogens is 3. The fourth-order valence-corrected chi connectivity index (χ4v) is 1.61. The van der Waals surface area contributed by atoms with Crippen LogP contribution in [-0.2, 0) is 10.9 Å². The molecule has 16 heavy (non-hydrogen) atoms. The summed E-state index contributed by atoms with van der Waals surface area (Å²) in [6.45, 7) is 0.613. The fraction of sp³-hybridized carbons (Fsp3) is 0.333. The van der Waals surface area contributed by atoms with E-state index < -0.39 is 11.7 Å². The van der Waals surface area contributed by atoms with E-state index in [0.717, 1.165) is 24.1 Å². The summed E-state index contributed by atoms with van der Waals surface area (Å²) >= 11 is 0. The Morgan fingerprint density at radius 1 is 1.12 bits per heavy atom. The molecule has 1 atom stereocenters. The molecule has 1 heterocycles. The molecule has 0 N–H and O–H groups in total. The van der Waals surface area contributed by atoms with Crippen molar-refractivity contribution in [2.75, 3.05) is 6.61 Å². The molecular weight excluding hydrogens is 217 g/mol. The predicted molar refractivity (Wildman–Crippen MR) is 53.9 cm³/mol. The van der Waals surface area contributed by atoms with Crippen molar-refractivity contribution in [3.05, 3.63) is 47.5 Å². The van der Waals surface area contributed by atoms with Crippen molar-refractivity contribution in [1.82, 2.24) is 0 Å². The number of hydrogen-bond acceptors (Lipinski definition) is 1. The highest BCUT2D eigenvalue weighted by molar-refractivity contribution is 5.28. The molecular formula is C12H11F3O. The van der Waals surface area contributed by atoms with E-state index in [4.69, 9.17) is 4.74 Å². The highest BCUT2D eigenvalue weighted by Crippen LogP contribution is 2.31. The highest BCUT2D eigenvalue weighted by Gasteiger charge is 2.30. The van der Waals surface area contributed by atoms with Gasteiger partial charge in [0.2, 0.25) is 0 Å². The molecule has 1 nitrogen and oxygen atoms in total. The van der Waals surface area contributed by atoms with Gasteiger partial charge in [-0.05, 0) is 24.1 Å². The van der Waals surface area contributed by atoms with Crippen LogP contribution in [0.5, 0.6) is 0 Å². The van der Waals surface area contributed by atoms with Crippen molar-refractivity contribution in [3.8, 4) is 0 Å². The molecule has 0 amide bonds. The molecule has 0 radical (unpaired) electrons. The molecule has 0 aliphatic carbocycles. The first-order valence-corrected chi connectivity index (χ1v) is 5.03. The van der Waals surface area contributed by atoms with E-state index in [0.29, 0.717) is 6.61 Å². The van der Waals surface area contributed by atoms with Gasteiger partial charge in [0, 0.05) is 0 Å². The smallest absolute Gasteiger partial charge is 0.369 e. The maximum atomic E-state index is 12.3. The van der Waals surface area contributed by atoms with Gasteiger partial charge in [-0.1, -0.05) is 24.3 Å². The molecule has 1 aromatic carbocycles. The van der Waals surface area contributed by atoms with Gasteiger partial charge in [0.1, 0.15) is 6.10 Å². The average Bonchev–Trinajstić information content (AvgIpc) is 2.29. The normalized spacial score (nSPS) is 21.1. The first kappa shape index (κ1) is 11.2. The molecule has 0 bridgehead atoms. The number of ether oxygens (including phenoxy) is 1. The van der Waals surface area contributed by atoms with Crippen molar-refractivity contribution in [2.45, 2.75) is 18.7 Å². The number of benzene rings is 1. The zero-order valence-corrected chi connectivity index (χ0v) is 8.50. The minimum absolute atomic E-state index is 0.212. The number of rotatable bonds is 1. The quantitative estimate of drug-likeness (QED) is 0.665. The van der Waals surface area contributed by atoms with Crippen LogP contribution in [0.25, 0.3) is 0 Å². The summed E-state index contributed by atoms with van der Waals surface area (Å²) in [5.74, 6) is 0. The van der Waals surface area contributed by atoms with Crippen molar-refractivity contribution in [1.29, 1.82) is 0 Å². The monoisotopic (exact) mass is 228 g/mol. The van der Waals surface area contributed by atoms with Crippen LogP contribution < -0.4 is 0 Å².